The van der Waals surface area contributed by atoms with Crippen LogP contribution in [-0.4, -0.2) is 13.6 Å². The maximum absolute atomic E-state index is 13.4. The van der Waals surface area contributed by atoms with E-state index < -0.39 is 17.6 Å². The van der Waals surface area contributed by atoms with Gasteiger partial charge < -0.3 is 5.32 Å². The summed E-state index contributed by atoms with van der Waals surface area (Å²) in [7, 11) is 1.73. The molecule has 1 aromatic carbocycles. The fourth-order valence-corrected chi connectivity index (χ4v) is 1.19. The Labute approximate surface area is 96.8 Å². The lowest BCUT2D eigenvalue weighted by atomic mass is 10.1. The largest absolute Gasteiger partial charge is 0.419 e. The van der Waals surface area contributed by atoms with Gasteiger partial charge in [-0.15, -0.1) is 0 Å². The molecular weight excluding hydrogens is 234 g/mol. The van der Waals surface area contributed by atoms with Crippen LogP contribution in [0.25, 0.3) is 0 Å². The molecule has 92 valence electrons. The van der Waals surface area contributed by atoms with Crippen molar-refractivity contribution in [1.29, 1.82) is 0 Å². The molecule has 0 saturated heterocycles. The SMILES string of the molecule is CNCCC#Cc1cccc(C(F)(F)F)c1F. The lowest BCUT2D eigenvalue weighted by molar-refractivity contribution is -0.140. The Morgan fingerprint density at radius 2 is 2.00 bits per heavy atom. The Hall–Kier alpha value is -1.54. The molecule has 5 heteroatoms. The Balaban J connectivity index is 2.98. The summed E-state index contributed by atoms with van der Waals surface area (Å²) in [6.07, 6.45) is -4.24. The van der Waals surface area contributed by atoms with E-state index >= 15 is 0 Å². The Bertz CT molecular complexity index is 440. The van der Waals surface area contributed by atoms with Crippen LogP contribution in [-0.2, 0) is 6.18 Å². The molecule has 1 aromatic rings. The fraction of sp³-hybridized carbons (Fsp3) is 0.333. The zero-order valence-corrected chi connectivity index (χ0v) is 9.16. The maximum atomic E-state index is 13.4. The summed E-state index contributed by atoms with van der Waals surface area (Å²) in [5.41, 5.74) is -1.51. The summed E-state index contributed by atoms with van der Waals surface area (Å²) in [4.78, 5) is 0. The third kappa shape index (κ3) is 3.75. The smallest absolute Gasteiger partial charge is 0.319 e. The highest BCUT2D eigenvalue weighted by Crippen LogP contribution is 2.32. The first-order chi connectivity index (χ1) is 7.96. The number of hydrogen-bond acceptors (Lipinski definition) is 1. The van der Waals surface area contributed by atoms with Crippen LogP contribution in [0.2, 0.25) is 0 Å². The van der Waals surface area contributed by atoms with E-state index in [0.717, 1.165) is 6.07 Å². The van der Waals surface area contributed by atoms with Crippen LogP contribution in [0.5, 0.6) is 0 Å². The first-order valence-corrected chi connectivity index (χ1v) is 4.96. The first kappa shape index (κ1) is 13.5. The second-order valence-corrected chi connectivity index (χ2v) is 3.32. The second-order valence-electron chi connectivity index (χ2n) is 3.32. The highest BCUT2D eigenvalue weighted by molar-refractivity contribution is 5.39. The molecule has 0 fully saturated rings. The monoisotopic (exact) mass is 245 g/mol. The van der Waals surface area contributed by atoms with Crippen molar-refractivity contribution >= 4 is 0 Å². The van der Waals surface area contributed by atoms with Crippen molar-refractivity contribution < 1.29 is 17.6 Å². The quantitative estimate of drug-likeness (QED) is 0.480. The molecule has 1 nitrogen and oxygen atoms in total. The molecule has 0 heterocycles. The van der Waals surface area contributed by atoms with Gasteiger partial charge in [-0.2, -0.15) is 13.2 Å². The van der Waals surface area contributed by atoms with Crippen molar-refractivity contribution in [3.63, 3.8) is 0 Å². The Morgan fingerprint density at radius 3 is 2.59 bits per heavy atom. The molecule has 1 N–H and O–H groups in total. The predicted octanol–water partition coefficient (Wildman–Crippen LogP) is 2.81. The minimum atomic E-state index is -4.69. The van der Waals surface area contributed by atoms with E-state index in [1.54, 1.807) is 7.05 Å². The summed E-state index contributed by atoms with van der Waals surface area (Å²) in [6.45, 7) is 0.605. The topological polar surface area (TPSA) is 12.0 Å². The van der Waals surface area contributed by atoms with Gasteiger partial charge in [-0.3, -0.25) is 0 Å². The van der Waals surface area contributed by atoms with Gasteiger partial charge in [0.2, 0.25) is 0 Å². The number of benzene rings is 1. The second kappa shape index (κ2) is 5.69. The first-order valence-electron chi connectivity index (χ1n) is 4.96. The maximum Gasteiger partial charge on any atom is 0.419 e. The minimum absolute atomic E-state index is 0.226. The summed E-state index contributed by atoms with van der Waals surface area (Å²) in [6, 6.07) is 3.08. The lowest BCUT2D eigenvalue weighted by Gasteiger charge is -2.08. The Morgan fingerprint density at radius 1 is 1.29 bits per heavy atom. The standard InChI is InChI=1S/C12H11F4N/c1-17-8-3-2-5-9-6-4-7-10(11(9)13)12(14,15)16/h4,6-7,17H,3,8H2,1H3. The summed E-state index contributed by atoms with van der Waals surface area (Å²) < 4.78 is 50.6. The van der Waals surface area contributed by atoms with Gasteiger partial charge in [0, 0.05) is 13.0 Å². The molecule has 0 atom stereocenters. The van der Waals surface area contributed by atoms with Crippen molar-refractivity contribution in [2.75, 3.05) is 13.6 Å². The molecule has 0 aliphatic carbocycles. The molecule has 0 radical (unpaired) electrons. The van der Waals surface area contributed by atoms with Crippen molar-refractivity contribution in [2.24, 2.45) is 0 Å². The van der Waals surface area contributed by atoms with E-state index in [2.05, 4.69) is 17.2 Å². The van der Waals surface area contributed by atoms with Crippen molar-refractivity contribution in [3.8, 4) is 11.8 Å². The van der Waals surface area contributed by atoms with Crippen LogP contribution in [0.3, 0.4) is 0 Å². The van der Waals surface area contributed by atoms with E-state index in [1.165, 1.54) is 6.07 Å². The molecule has 1 rings (SSSR count). The summed E-state index contributed by atoms with van der Waals surface area (Å²) in [5.74, 6) is 3.69. The van der Waals surface area contributed by atoms with Crippen LogP contribution >= 0.6 is 0 Å². The van der Waals surface area contributed by atoms with Gasteiger partial charge in [-0.1, -0.05) is 17.9 Å². The molecule has 17 heavy (non-hydrogen) atoms. The van der Waals surface area contributed by atoms with Gasteiger partial charge in [0.05, 0.1) is 11.1 Å². The van der Waals surface area contributed by atoms with E-state index in [-0.39, 0.29) is 5.56 Å². The molecule has 0 aliphatic heterocycles. The van der Waals surface area contributed by atoms with E-state index in [9.17, 15) is 17.6 Å². The number of rotatable bonds is 2. The van der Waals surface area contributed by atoms with Gasteiger partial charge in [0.25, 0.3) is 0 Å². The van der Waals surface area contributed by atoms with Gasteiger partial charge >= 0.3 is 6.18 Å². The predicted molar refractivity (Wildman–Crippen MR) is 56.8 cm³/mol. The Kier molecular flexibility index (Phi) is 4.53. The molecule has 0 amide bonds. The van der Waals surface area contributed by atoms with E-state index in [1.807, 2.05) is 0 Å². The highest BCUT2D eigenvalue weighted by Gasteiger charge is 2.34. The summed E-state index contributed by atoms with van der Waals surface area (Å²) in [5, 5.41) is 2.83. The third-order valence-electron chi connectivity index (χ3n) is 2.03. The normalized spacial score (nSPS) is 10.9. The van der Waals surface area contributed by atoms with Crippen molar-refractivity contribution in [3.05, 3.63) is 35.1 Å². The van der Waals surface area contributed by atoms with E-state index in [0.29, 0.717) is 19.0 Å². The fourth-order valence-electron chi connectivity index (χ4n) is 1.19. The van der Waals surface area contributed by atoms with Crippen molar-refractivity contribution in [1.82, 2.24) is 5.32 Å². The van der Waals surface area contributed by atoms with Gasteiger partial charge in [0.1, 0.15) is 0 Å². The molecular formula is C12H11F4N. The van der Waals surface area contributed by atoms with E-state index in [4.69, 9.17) is 0 Å². The lowest BCUT2D eigenvalue weighted by Crippen LogP contribution is -2.09. The average molecular weight is 245 g/mol. The number of nitrogens with one attached hydrogen (secondary N) is 1. The average Bonchev–Trinajstić information content (AvgIpc) is 2.25. The third-order valence-corrected chi connectivity index (χ3v) is 2.03. The van der Waals surface area contributed by atoms with Gasteiger partial charge in [0.15, 0.2) is 5.82 Å². The van der Waals surface area contributed by atoms with Crippen LogP contribution in [0.4, 0.5) is 17.6 Å². The van der Waals surface area contributed by atoms with Crippen molar-refractivity contribution in [2.45, 2.75) is 12.6 Å². The van der Waals surface area contributed by atoms with Crippen LogP contribution < -0.4 is 5.32 Å². The zero-order chi connectivity index (χ0) is 12.9. The van der Waals surface area contributed by atoms with Crippen LogP contribution in [0.1, 0.15) is 17.5 Å². The molecule has 0 aliphatic rings. The zero-order valence-electron chi connectivity index (χ0n) is 9.16. The molecule has 0 saturated carbocycles. The molecule has 0 aromatic heterocycles. The highest BCUT2D eigenvalue weighted by atomic mass is 19.4. The van der Waals surface area contributed by atoms with Gasteiger partial charge in [-0.25, -0.2) is 4.39 Å². The number of alkyl halides is 3. The minimum Gasteiger partial charge on any atom is -0.319 e. The van der Waals surface area contributed by atoms with Crippen LogP contribution in [0.15, 0.2) is 18.2 Å². The summed E-state index contributed by atoms with van der Waals surface area (Å²) >= 11 is 0. The number of hydrogen-bond donors (Lipinski definition) is 1. The molecule has 0 bridgehead atoms. The molecule has 0 unspecified atom stereocenters. The molecule has 0 spiro atoms. The number of halogens is 4. The van der Waals surface area contributed by atoms with Crippen LogP contribution in [0, 0.1) is 17.7 Å². The van der Waals surface area contributed by atoms with Gasteiger partial charge in [-0.05, 0) is 19.2 Å².